The van der Waals surface area contributed by atoms with E-state index in [2.05, 4.69) is 441 Å². The summed E-state index contributed by atoms with van der Waals surface area (Å²) in [5.74, 6) is 0. The predicted molar refractivity (Wildman–Crippen MR) is 551 cm³/mol. The number of nitrogens with zero attached hydrogens (tertiary/aromatic N) is 2. The summed E-state index contributed by atoms with van der Waals surface area (Å²) in [7, 11) is 0. The molecule has 0 spiro atoms. The van der Waals surface area contributed by atoms with Crippen molar-refractivity contribution in [3.63, 3.8) is 0 Å². The van der Waals surface area contributed by atoms with Gasteiger partial charge in [-0.05, 0) is 229 Å². The molecule has 0 aliphatic carbocycles. The van der Waals surface area contributed by atoms with Crippen LogP contribution in [0.25, 0.3) is 225 Å². The Morgan fingerprint density at radius 3 is 1.00 bits per heavy atom. The molecule has 0 bridgehead atoms. The highest BCUT2D eigenvalue weighted by Gasteiger charge is 2.26. The fourth-order valence-electron chi connectivity index (χ4n) is 20.0. The average molecular weight is 1700 g/mol. The zero-order chi connectivity index (χ0) is 84.0. The summed E-state index contributed by atoms with van der Waals surface area (Å²) in [6.45, 7) is 0. The highest BCUT2D eigenvalue weighted by molar-refractivity contribution is 7.27. The molecule has 8 heteroatoms. The van der Waals surface area contributed by atoms with Crippen LogP contribution in [-0.2, 0) is 0 Å². The lowest BCUT2D eigenvalue weighted by molar-refractivity contribution is 0.669. The van der Waals surface area contributed by atoms with Gasteiger partial charge >= 0.3 is 0 Å². The van der Waals surface area contributed by atoms with Crippen LogP contribution in [0.15, 0.2) is 446 Å². The van der Waals surface area contributed by atoms with Crippen molar-refractivity contribution in [1.29, 1.82) is 0 Å². The average Bonchev–Trinajstić information content (AvgIpc) is 1.56. The van der Waals surface area contributed by atoms with E-state index in [1.54, 1.807) is 0 Å². The minimum atomic E-state index is 0.854. The molecule has 4 nitrogen and oxygen atoms in total. The van der Waals surface area contributed by atoms with Crippen LogP contribution in [0.4, 0.5) is 34.1 Å². The zero-order valence-corrected chi connectivity index (χ0v) is 72.2. The number of benzene rings is 20. The Hall–Kier alpha value is -15.5. The van der Waals surface area contributed by atoms with Gasteiger partial charge in [0.25, 0.3) is 0 Å². The molecular weight excluding hydrogens is 1630 g/mol. The fraction of sp³-hybridized carbons (Fsp3) is 0. The van der Waals surface area contributed by atoms with Crippen LogP contribution in [0.1, 0.15) is 0 Å². The Balaban J connectivity index is 0.537. The first-order valence-corrected chi connectivity index (χ1v) is 46.6. The number of thiophene rings is 4. The summed E-state index contributed by atoms with van der Waals surface area (Å²) < 4.78 is 23.9. The van der Waals surface area contributed by atoms with Gasteiger partial charge in [-0.2, -0.15) is 0 Å². The van der Waals surface area contributed by atoms with Crippen LogP contribution in [-0.4, -0.2) is 0 Å². The quantitative estimate of drug-likeness (QED) is 0.102. The molecule has 0 aliphatic rings. The first kappa shape index (κ1) is 74.0. The minimum Gasteiger partial charge on any atom is -0.456 e. The van der Waals surface area contributed by atoms with Gasteiger partial charge in [0, 0.05) is 147 Å². The number of hydrogen-bond acceptors (Lipinski definition) is 8. The molecule has 0 fully saturated rings. The van der Waals surface area contributed by atoms with Crippen molar-refractivity contribution in [3.8, 4) is 100 Å². The maximum atomic E-state index is 7.17. The van der Waals surface area contributed by atoms with Crippen LogP contribution >= 0.6 is 45.3 Å². The number of para-hydroxylation sites is 2. The number of anilines is 6. The standard InChI is InChI=1S/C120H72N2O2S4/c1-6-33-104-99(21-1)113-89(25-14-35-106(113)123-104)76-50-62-85(63-51-76)122(84-60-48-75(49-61-84)81-18-11-19-82(72-81)92-28-17-40-111-115(92)102-24-5-10-38-109(102)126-111)87-66-54-78(55-67-87)91-27-16-41-112-116(91)103-32-13-31-98(120(103)128-112)96-71-70-93(117-100-22-2-7-34-105(100)124-118(96)117)79-56-68-88(69-57-79)121(86-64-52-77(53-65-86)90-26-15-39-110-114(90)101-23-4-9-37-108(101)125-110)83-58-46-74(47-59-83)73-42-44-80(45-43-73)94-29-12-30-97-95-20-3-8-36-107(95)127-119(94)97/h1-72H. The molecule has 26 aromatic rings. The molecule has 26 rings (SSSR count). The molecule has 0 unspecified atom stereocenters. The summed E-state index contributed by atoms with van der Waals surface area (Å²) in [6.07, 6.45) is 0. The maximum absolute atomic E-state index is 7.17. The molecule has 0 saturated heterocycles. The van der Waals surface area contributed by atoms with Gasteiger partial charge in [-0.3, -0.25) is 0 Å². The molecule has 128 heavy (non-hydrogen) atoms. The van der Waals surface area contributed by atoms with Crippen molar-refractivity contribution in [2.75, 3.05) is 9.80 Å². The second kappa shape index (κ2) is 30.1. The van der Waals surface area contributed by atoms with Gasteiger partial charge in [0.05, 0.1) is 0 Å². The highest BCUT2D eigenvalue weighted by Crippen LogP contribution is 2.52. The van der Waals surface area contributed by atoms with Gasteiger partial charge in [0.2, 0.25) is 0 Å². The van der Waals surface area contributed by atoms with E-state index < -0.39 is 0 Å². The first-order valence-electron chi connectivity index (χ1n) is 43.4. The lowest BCUT2D eigenvalue weighted by Crippen LogP contribution is -2.09. The number of rotatable bonds is 15. The van der Waals surface area contributed by atoms with Crippen LogP contribution in [0, 0.1) is 0 Å². The molecule has 0 saturated carbocycles. The largest absolute Gasteiger partial charge is 0.456 e. The SMILES string of the molecule is c1cc(-c2ccc(N(c3ccc(-c4cccc5oc6ccccc6c45)cc3)c3ccc(-c4cccc5sc6c(-c7ccc(-c8ccc(N(c9ccc(-c%10ccc(-c%11cccc%12c%11sc%11ccccc%11%12)cc%10)cc9)c9ccc(-c%10cccc%11sc%12ccccc%12c%10%11)cc9)cc8)c8c7oc7ccccc78)cccc6c45)cc3)cc2)cc(-c2cccc3sc4ccccc4c23)c1. The van der Waals surface area contributed by atoms with Crippen molar-refractivity contribution in [1.82, 2.24) is 0 Å². The first-order chi connectivity index (χ1) is 63.4. The fourth-order valence-corrected chi connectivity index (χ4v) is 24.7. The minimum absolute atomic E-state index is 0.854. The monoisotopic (exact) mass is 1700 g/mol. The van der Waals surface area contributed by atoms with Crippen molar-refractivity contribution in [2.45, 2.75) is 0 Å². The van der Waals surface area contributed by atoms with E-state index in [0.29, 0.717) is 0 Å². The molecule has 20 aromatic carbocycles. The molecule has 598 valence electrons. The molecule has 0 N–H and O–H groups in total. The molecule has 0 amide bonds. The van der Waals surface area contributed by atoms with Crippen LogP contribution in [0.5, 0.6) is 0 Å². The second-order valence-corrected chi connectivity index (χ2v) is 37.4. The Bertz CT molecular complexity index is 8920. The zero-order valence-electron chi connectivity index (χ0n) is 68.9. The summed E-state index contributed by atoms with van der Waals surface area (Å²) in [5, 5.41) is 14.7. The van der Waals surface area contributed by atoms with Crippen molar-refractivity contribution >= 4 is 204 Å². The Labute approximate surface area is 753 Å². The second-order valence-electron chi connectivity index (χ2n) is 33.1. The molecule has 0 atom stereocenters. The topological polar surface area (TPSA) is 32.8 Å². The molecule has 0 radical (unpaired) electrons. The summed E-state index contributed by atoms with van der Waals surface area (Å²) in [5.41, 5.74) is 30.8. The van der Waals surface area contributed by atoms with E-state index in [1.807, 2.05) is 51.4 Å². The Morgan fingerprint density at radius 2 is 0.461 bits per heavy atom. The van der Waals surface area contributed by atoms with E-state index in [1.165, 1.54) is 131 Å². The lowest BCUT2D eigenvalue weighted by atomic mass is 9.93. The predicted octanol–water partition coefficient (Wildman–Crippen LogP) is 36.9. The third-order valence-electron chi connectivity index (χ3n) is 26.0. The number of hydrogen-bond donors (Lipinski definition) is 0. The van der Waals surface area contributed by atoms with E-state index >= 15 is 0 Å². The van der Waals surface area contributed by atoms with E-state index in [9.17, 15) is 0 Å². The number of fused-ring (bicyclic) bond motifs is 18. The Morgan fingerprint density at radius 1 is 0.156 bits per heavy atom. The van der Waals surface area contributed by atoms with Crippen molar-refractivity contribution in [3.05, 3.63) is 437 Å². The van der Waals surface area contributed by atoms with Gasteiger partial charge in [-0.15, -0.1) is 45.3 Å². The van der Waals surface area contributed by atoms with Gasteiger partial charge in [-0.25, -0.2) is 0 Å². The summed E-state index contributed by atoms with van der Waals surface area (Å²) in [6, 6.07) is 161. The maximum Gasteiger partial charge on any atom is 0.143 e. The third-order valence-corrected chi connectivity index (χ3v) is 30.7. The summed E-state index contributed by atoms with van der Waals surface area (Å²) in [4.78, 5) is 4.77. The normalized spacial score (nSPS) is 11.9. The number of furan rings is 2. The van der Waals surface area contributed by atoms with E-state index in [-0.39, 0.29) is 0 Å². The smallest absolute Gasteiger partial charge is 0.143 e. The Kier molecular flexibility index (Phi) is 17.4. The molecule has 6 aromatic heterocycles. The van der Waals surface area contributed by atoms with Crippen LogP contribution in [0.3, 0.4) is 0 Å². The molecule has 0 aliphatic heterocycles. The van der Waals surface area contributed by atoms with Gasteiger partial charge in [-0.1, -0.05) is 297 Å². The van der Waals surface area contributed by atoms with E-state index in [0.717, 1.165) is 128 Å². The van der Waals surface area contributed by atoms with Gasteiger partial charge in [0.1, 0.15) is 22.3 Å². The molecular formula is C120H72N2O2S4. The van der Waals surface area contributed by atoms with Crippen molar-refractivity contribution < 1.29 is 8.83 Å². The van der Waals surface area contributed by atoms with Crippen LogP contribution < -0.4 is 9.80 Å². The van der Waals surface area contributed by atoms with Gasteiger partial charge in [0.15, 0.2) is 0 Å². The third kappa shape index (κ3) is 12.3. The van der Waals surface area contributed by atoms with Crippen LogP contribution in [0.2, 0.25) is 0 Å². The molecule has 6 heterocycles. The lowest BCUT2D eigenvalue weighted by Gasteiger charge is -2.26. The van der Waals surface area contributed by atoms with E-state index in [4.69, 9.17) is 8.83 Å². The summed E-state index contributed by atoms with van der Waals surface area (Å²) >= 11 is 7.45. The van der Waals surface area contributed by atoms with Gasteiger partial charge < -0.3 is 18.6 Å². The van der Waals surface area contributed by atoms with Crippen molar-refractivity contribution in [2.24, 2.45) is 0 Å². The highest BCUT2D eigenvalue weighted by atomic mass is 32.1.